The maximum atomic E-state index is 12.6. The van der Waals surface area contributed by atoms with Gasteiger partial charge >= 0.3 is 0 Å². The molecular weight excluding hydrogens is 344 g/mol. The maximum absolute atomic E-state index is 12.6. The number of carbonyl (C=O) groups is 1. The van der Waals surface area contributed by atoms with Gasteiger partial charge in [-0.05, 0) is 50.3 Å². The molecule has 5 heteroatoms. The van der Waals surface area contributed by atoms with Crippen molar-refractivity contribution >= 4 is 17.9 Å². The quantitative estimate of drug-likeness (QED) is 0.624. The van der Waals surface area contributed by atoms with Gasteiger partial charge in [0.2, 0.25) is 0 Å². The number of hydrogen-bond acceptors (Lipinski definition) is 5. The zero-order chi connectivity index (χ0) is 19.6. The van der Waals surface area contributed by atoms with Crippen molar-refractivity contribution in [3.63, 3.8) is 0 Å². The number of ether oxygens (including phenoxy) is 3. The molecule has 2 aromatic carbocycles. The third-order valence-corrected chi connectivity index (χ3v) is 4.29. The molecule has 0 bridgehead atoms. The third-order valence-electron chi connectivity index (χ3n) is 4.29. The molecule has 0 spiro atoms. The highest BCUT2D eigenvalue weighted by Gasteiger charge is 2.23. The summed E-state index contributed by atoms with van der Waals surface area (Å²) >= 11 is 0. The molecule has 1 aliphatic heterocycles. The van der Waals surface area contributed by atoms with E-state index < -0.39 is 5.60 Å². The molecule has 0 atom stereocenters. The molecule has 0 amide bonds. The monoisotopic (exact) mass is 366 g/mol. The van der Waals surface area contributed by atoms with Gasteiger partial charge in [-0.25, -0.2) is 0 Å². The van der Waals surface area contributed by atoms with Crippen LogP contribution in [0.4, 0.5) is 0 Å². The zero-order valence-electron chi connectivity index (χ0n) is 15.8. The summed E-state index contributed by atoms with van der Waals surface area (Å²) in [4.78, 5) is 12.6. The fourth-order valence-electron chi connectivity index (χ4n) is 2.82. The minimum atomic E-state index is -0.449. The first-order chi connectivity index (χ1) is 12.8. The van der Waals surface area contributed by atoms with Gasteiger partial charge in [-0.15, -0.1) is 0 Å². The van der Waals surface area contributed by atoms with Gasteiger partial charge in [0.15, 0.2) is 5.78 Å². The molecule has 1 aliphatic rings. The molecule has 0 saturated carbocycles. The van der Waals surface area contributed by atoms with Crippen LogP contribution in [0.2, 0.25) is 0 Å². The van der Waals surface area contributed by atoms with Crippen molar-refractivity contribution in [3.05, 3.63) is 59.2 Å². The smallest absolute Gasteiger partial charge is 0.189 e. The van der Waals surface area contributed by atoms with E-state index in [1.54, 1.807) is 44.6 Å². The molecule has 0 fully saturated rings. The van der Waals surface area contributed by atoms with Crippen molar-refractivity contribution in [1.29, 1.82) is 0 Å². The molecule has 5 nitrogen and oxygen atoms in total. The van der Waals surface area contributed by atoms with Gasteiger partial charge in [0.25, 0.3) is 0 Å². The van der Waals surface area contributed by atoms with Crippen LogP contribution in [0.5, 0.6) is 23.0 Å². The molecule has 0 unspecified atom stereocenters. The van der Waals surface area contributed by atoms with Crippen molar-refractivity contribution < 1.29 is 24.1 Å². The summed E-state index contributed by atoms with van der Waals surface area (Å²) in [6, 6.07) is 8.44. The second kappa shape index (κ2) is 7.19. The molecular formula is C22H22O5. The van der Waals surface area contributed by atoms with Gasteiger partial charge in [-0.2, -0.15) is 0 Å². The Kier molecular flexibility index (Phi) is 4.95. The highest BCUT2D eigenvalue weighted by Crippen LogP contribution is 2.36. The average Bonchev–Trinajstić information content (AvgIpc) is 2.64. The normalized spacial score (nSPS) is 14.5. The first kappa shape index (κ1) is 18.6. The Morgan fingerprint density at radius 3 is 2.63 bits per heavy atom. The van der Waals surface area contributed by atoms with Crippen molar-refractivity contribution in [2.24, 2.45) is 0 Å². The number of hydrogen-bond donors (Lipinski definition) is 1. The summed E-state index contributed by atoms with van der Waals surface area (Å²) in [6.07, 6.45) is 6.86. The van der Waals surface area contributed by atoms with Gasteiger partial charge in [-0.1, -0.05) is 6.08 Å². The number of phenols is 1. The largest absolute Gasteiger partial charge is 0.507 e. The van der Waals surface area contributed by atoms with Crippen LogP contribution < -0.4 is 14.2 Å². The number of fused-ring (bicyclic) bond motifs is 1. The maximum Gasteiger partial charge on any atom is 0.189 e. The van der Waals surface area contributed by atoms with Crippen molar-refractivity contribution in [3.8, 4) is 23.0 Å². The average molecular weight is 366 g/mol. The van der Waals surface area contributed by atoms with Crippen LogP contribution >= 0.6 is 0 Å². The molecule has 3 rings (SSSR count). The number of methoxy groups -OCH3 is 2. The standard InChI is InChI=1S/C22H22O5/c1-22(2)10-9-15-11-17(19(24)13-21(15)27-22)18(23)8-6-14-5-7-16(25-3)12-20(14)26-4/h5-13,24H,1-4H3/b8-6+. The minimum absolute atomic E-state index is 0.115. The van der Waals surface area contributed by atoms with Crippen LogP contribution in [0.25, 0.3) is 12.2 Å². The second-order valence-corrected chi connectivity index (χ2v) is 6.75. The number of ketones is 1. The summed E-state index contributed by atoms with van der Waals surface area (Å²) in [6.45, 7) is 3.85. The fourth-order valence-corrected chi connectivity index (χ4v) is 2.82. The summed E-state index contributed by atoms with van der Waals surface area (Å²) in [5.74, 6) is 1.38. The lowest BCUT2D eigenvalue weighted by molar-refractivity contribution is 0.104. The van der Waals surface area contributed by atoms with Gasteiger partial charge in [0, 0.05) is 23.3 Å². The number of phenolic OH excluding ortho intramolecular Hbond substituents is 1. The first-order valence-corrected chi connectivity index (χ1v) is 8.52. The van der Waals surface area contributed by atoms with Gasteiger partial charge < -0.3 is 19.3 Å². The first-order valence-electron chi connectivity index (χ1n) is 8.52. The molecule has 0 aliphatic carbocycles. The van der Waals surface area contributed by atoms with E-state index in [1.807, 2.05) is 26.0 Å². The third kappa shape index (κ3) is 3.97. The van der Waals surface area contributed by atoms with E-state index in [1.165, 1.54) is 12.1 Å². The molecule has 2 aromatic rings. The number of carbonyl (C=O) groups excluding carboxylic acids is 1. The van der Waals surface area contributed by atoms with E-state index in [4.69, 9.17) is 14.2 Å². The molecule has 0 aromatic heterocycles. The van der Waals surface area contributed by atoms with E-state index in [9.17, 15) is 9.90 Å². The van der Waals surface area contributed by atoms with Crippen LogP contribution in [0.1, 0.15) is 35.3 Å². The summed E-state index contributed by atoms with van der Waals surface area (Å²) < 4.78 is 16.3. The number of aromatic hydroxyl groups is 1. The van der Waals surface area contributed by atoms with E-state index >= 15 is 0 Å². The molecule has 140 valence electrons. The Labute approximate surface area is 158 Å². The lowest BCUT2D eigenvalue weighted by Gasteiger charge is -2.28. The predicted molar refractivity (Wildman–Crippen MR) is 105 cm³/mol. The second-order valence-electron chi connectivity index (χ2n) is 6.75. The molecule has 1 N–H and O–H groups in total. The fraction of sp³-hybridized carbons (Fsp3) is 0.227. The molecule has 1 heterocycles. The lowest BCUT2D eigenvalue weighted by Crippen LogP contribution is -2.27. The van der Waals surface area contributed by atoms with Crippen LogP contribution in [0.15, 0.2) is 42.5 Å². The van der Waals surface area contributed by atoms with Gasteiger partial charge in [0.05, 0.1) is 19.8 Å². The number of benzene rings is 2. The Morgan fingerprint density at radius 2 is 1.93 bits per heavy atom. The van der Waals surface area contributed by atoms with E-state index in [2.05, 4.69) is 0 Å². The van der Waals surface area contributed by atoms with E-state index in [0.717, 1.165) is 11.1 Å². The Morgan fingerprint density at radius 1 is 1.15 bits per heavy atom. The molecule has 0 radical (unpaired) electrons. The van der Waals surface area contributed by atoms with Gasteiger partial charge in [-0.3, -0.25) is 4.79 Å². The summed E-state index contributed by atoms with van der Waals surface area (Å²) in [5.41, 5.74) is 1.25. The zero-order valence-corrected chi connectivity index (χ0v) is 15.8. The lowest BCUT2D eigenvalue weighted by atomic mass is 9.98. The van der Waals surface area contributed by atoms with Crippen molar-refractivity contribution in [2.75, 3.05) is 14.2 Å². The highest BCUT2D eigenvalue weighted by molar-refractivity contribution is 6.09. The summed E-state index contributed by atoms with van der Waals surface area (Å²) in [7, 11) is 3.13. The minimum Gasteiger partial charge on any atom is -0.507 e. The van der Waals surface area contributed by atoms with Crippen LogP contribution in [0, 0.1) is 0 Å². The van der Waals surface area contributed by atoms with Gasteiger partial charge in [0.1, 0.15) is 28.6 Å². The predicted octanol–water partition coefficient (Wildman–Crippen LogP) is 4.49. The summed E-state index contributed by atoms with van der Waals surface area (Å²) in [5, 5.41) is 10.3. The van der Waals surface area contributed by atoms with Crippen LogP contribution in [0.3, 0.4) is 0 Å². The molecule has 27 heavy (non-hydrogen) atoms. The van der Waals surface area contributed by atoms with E-state index in [0.29, 0.717) is 17.2 Å². The topological polar surface area (TPSA) is 65.0 Å². The SMILES string of the molecule is COc1ccc(/C=C/C(=O)c2cc3c(cc2O)OC(C)(C)C=C3)c(OC)c1. The number of rotatable bonds is 5. The van der Waals surface area contributed by atoms with Crippen molar-refractivity contribution in [1.82, 2.24) is 0 Å². The Balaban J connectivity index is 1.88. The number of allylic oxidation sites excluding steroid dienone is 1. The van der Waals surface area contributed by atoms with Crippen LogP contribution in [-0.2, 0) is 0 Å². The van der Waals surface area contributed by atoms with Crippen LogP contribution in [-0.4, -0.2) is 30.7 Å². The van der Waals surface area contributed by atoms with Crippen molar-refractivity contribution in [2.45, 2.75) is 19.4 Å². The Hall–Kier alpha value is -3.21. The highest BCUT2D eigenvalue weighted by atomic mass is 16.5. The Bertz CT molecular complexity index is 938. The molecule has 0 saturated heterocycles. The van der Waals surface area contributed by atoms with E-state index in [-0.39, 0.29) is 17.1 Å².